The second-order valence-electron chi connectivity index (χ2n) is 4.62. The van der Waals surface area contributed by atoms with Crippen LogP contribution in [0.3, 0.4) is 0 Å². The third-order valence-corrected chi connectivity index (χ3v) is 3.08. The zero-order valence-corrected chi connectivity index (χ0v) is 11.3. The summed E-state index contributed by atoms with van der Waals surface area (Å²) in [6.45, 7) is 1.54. The van der Waals surface area contributed by atoms with Gasteiger partial charge in [0, 0.05) is 5.56 Å². The van der Waals surface area contributed by atoms with Gasteiger partial charge in [0.05, 0.1) is 0 Å². The van der Waals surface area contributed by atoms with Crippen LogP contribution in [0.1, 0.15) is 27.5 Å². The number of amides is 1. The monoisotopic (exact) mass is 287 g/mol. The van der Waals surface area contributed by atoms with Crippen LogP contribution in [0.2, 0.25) is 0 Å². The summed E-state index contributed by atoms with van der Waals surface area (Å²) in [5.74, 6) is -2.13. The summed E-state index contributed by atoms with van der Waals surface area (Å²) in [5.41, 5.74) is 1.02. The van der Waals surface area contributed by atoms with Gasteiger partial charge in [-0.1, -0.05) is 30.3 Å². The average molecular weight is 287 g/mol. The van der Waals surface area contributed by atoms with Crippen LogP contribution >= 0.6 is 0 Å². The standard InChI is InChI=1S/C16H14FNO3/c1-10-9-12(7-8-13(10)17)15(19)18-14(16(20)21)11-5-3-2-4-6-11/h2-9,14H,1H3,(H,18,19)(H,20,21)/t14-/m0/s1. The Morgan fingerprint density at radius 2 is 1.81 bits per heavy atom. The zero-order valence-electron chi connectivity index (χ0n) is 11.3. The molecule has 0 aliphatic carbocycles. The van der Waals surface area contributed by atoms with Crippen LogP contribution in [-0.4, -0.2) is 17.0 Å². The van der Waals surface area contributed by atoms with E-state index in [9.17, 15) is 19.1 Å². The summed E-state index contributed by atoms with van der Waals surface area (Å²) in [6, 6.07) is 11.1. The molecule has 0 saturated heterocycles. The van der Waals surface area contributed by atoms with Gasteiger partial charge in [0.25, 0.3) is 5.91 Å². The van der Waals surface area contributed by atoms with E-state index in [2.05, 4.69) is 5.32 Å². The topological polar surface area (TPSA) is 66.4 Å². The van der Waals surface area contributed by atoms with Gasteiger partial charge in [-0.2, -0.15) is 0 Å². The van der Waals surface area contributed by atoms with Crippen molar-refractivity contribution in [1.82, 2.24) is 5.32 Å². The molecule has 0 aliphatic heterocycles. The number of carboxylic acids is 1. The average Bonchev–Trinajstić information content (AvgIpc) is 2.48. The molecule has 0 aromatic heterocycles. The smallest absolute Gasteiger partial charge is 0.330 e. The van der Waals surface area contributed by atoms with Gasteiger partial charge in [-0.15, -0.1) is 0 Å². The first-order chi connectivity index (χ1) is 9.99. The van der Waals surface area contributed by atoms with Gasteiger partial charge in [-0.3, -0.25) is 4.79 Å². The molecule has 4 nitrogen and oxygen atoms in total. The second kappa shape index (κ2) is 6.17. The van der Waals surface area contributed by atoms with Gasteiger partial charge in [0.2, 0.25) is 0 Å². The molecule has 0 saturated carbocycles. The Morgan fingerprint density at radius 1 is 1.14 bits per heavy atom. The fourth-order valence-corrected chi connectivity index (χ4v) is 1.93. The molecular formula is C16H14FNO3. The number of nitrogens with one attached hydrogen (secondary N) is 1. The predicted octanol–water partition coefficient (Wildman–Crippen LogP) is 2.69. The molecule has 0 unspecified atom stereocenters. The van der Waals surface area contributed by atoms with Crippen LogP contribution in [0.4, 0.5) is 4.39 Å². The van der Waals surface area contributed by atoms with E-state index in [0.717, 1.165) is 0 Å². The normalized spacial score (nSPS) is 11.7. The van der Waals surface area contributed by atoms with Crippen LogP contribution in [0.25, 0.3) is 0 Å². The Bertz CT molecular complexity index is 670. The molecule has 0 spiro atoms. The fourth-order valence-electron chi connectivity index (χ4n) is 1.93. The van der Waals surface area contributed by atoms with E-state index in [4.69, 9.17) is 0 Å². The molecule has 0 fully saturated rings. The molecule has 0 radical (unpaired) electrons. The van der Waals surface area contributed by atoms with E-state index in [1.807, 2.05) is 0 Å². The van der Waals surface area contributed by atoms with Gasteiger partial charge in [0.1, 0.15) is 5.82 Å². The van der Waals surface area contributed by atoms with Crippen molar-refractivity contribution >= 4 is 11.9 Å². The minimum absolute atomic E-state index is 0.219. The van der Waals surface area contributed by atoms with Gasteiger partial charge in [0.15, 0.2) is 6.04 Å². The summed E-state index contributed by atoms with van der Waals surface area (Å²) in [5, 5.41) is 11.7. The number of halogens is 1. The maximum atomic E-state index is 13.2. The predicted molar refractivity (Wildman–Crippen MR) is 75.4 cm³/mol. The van der Waals surface area contributed by atoms with Crippen molar-refractivity contribution in [2.24, 2.45) is 0 Å². The van der Waals surface area contributed by atoms with Crippen molar-refractivity contribution in [2.45, 2.75) is 13.0 Å². The number of hydrogen-bond donors (Lipinski definition) is 2. The lowest BCUT2D eigenvalue weighted by Crippen LogP contribution is -2.33. The fraction of sp³-hybridized carbons (Fsp3) is 0.125. The highest BCUT2D eigenvalue weighted by atomic mass is 19.1. The van der Waals surface area contributed by atoms with Crippen LogP contribution in [0.15, 0.2) is 48.5 Å². The van der Waals surface area contributed by atoms with Crippen molar-refractivity contribution in [3.8, 4) is 0 Å². The highest BCUT2D eigenvalue weighted by Crippen LogP contribution is 2.15. The van der Waals surface area contributed by atoms with E-state index >= 15 is 0 Å². The number of rotatable bonds is 4. The molecule has 21 heavy (non-hydrogen) atoms. The molecule has 108 valence electrons. The van der Waals surface area contributed by atoms with Crippen molar-refractivity contribution < 1.29 is 19.1 Å². The summed E-state index contributed by atoms with van der Waals surface area (Å²) in [4.78, 5) is 23.4. The van der Waals surface area contributed by atoms with Crippen molar-refractivity contribution in [3.63, 3.8) is 0 Å². The summed E-state index contributed by atoms with van der Waals surface area (Å²) in [6.07, 6.45) is 0. The number of aryl methyl sites for hydroxylation is 1. The summed E-state index contributed by atoms with van der Waals surface area (Å²) in [7, 11) is 0. The lowest BCUT2D eigenvalue weighted by atomic mass is 10.1. The SMILES string of the molecule is Cc1cc(C(=O)N[C@H](C(=O)O)c2ccccc2)ccc1F. The van der Waals surface area contributed by atoms with Crippen LogP contribution in [0, 0.1) is 12.7 Å². The van der Waals surface area contributed by atoms with E-state index in [0.29, 0.717) is 11.1 Å². The first-order valence-corrected chi connectivity index (χ1v) is 6.34. The number of hydrogen-bond acceptors (Lipinski definition) is 2. The number of benzene rings is 2. The third-order valence-electron chi connectivity index (χ3n) is 3.08. The molecule has 2 aromatic carbocycles. The Labute approximate surface area is 121 Å². The molecule has 0 heterocycles. The van der Waals surface area contributed by atoms with E-state index in [1.54, 1.807) is 30.3 Å². The van der Waals surface area contributed by atoms with Crippen molar-refractivity contribution in [2.75, 3.05) is 0 Å². The summed E-state index contributed by atoms with van der Waals surface area (Å²) >= 11 is 0. The van der Waals surface area contributed by atoms with E-state index in [1.165, 1.54) is 25.1 Å². The molecule has 0 bridgehead atoms. The van der Waals surface area contributed by atoms with Gasteiger partial charge in [-0.25, -0.2) is 9.18 Å². The highest BCUT2D eigenvalue weighted by Gasteiger charge is 2.22. The minimum atomic E-state index is -1.16. The van der Waals surface area contributed by atoms with Gasteiger partial charge < -0.3 is 10.4 Å². The molecule has 0 aliphatic rings. The van der Waals surface area contributed by atoms with Crippen molar-refractivity contribution in [3.05, 3.63) is 71.0 Å². The summed E-state index contributed by atoms with van der Waals surface area (Å²) < 4.78 is 13.2. The Kier molecular flexibility index (Phi) is 4.33. The Morgan fingerprint density at radius 3 is 2.38 bits per heavy atom. The first kappa shape index (κ1) is 14.7. The van der Waals surface area contributed by atoms with Crippen LogP contribution < -0.4 is 5.32 Å². The van der Waals surface area contributed by atoms with Gasteiger partial charge >= 0.3 is 5.97 Å². The maximum Gasteiger partial charge on any atom is 0.330 e. The van der Waals surface area contributed by atoms with E-state index < -0.39 is 23.7 Å². The largest absolute Gasteiger partial charge is 0.479 e. The number of carbonyl (C=O) groups excluding carboxylic acids is 1. The molecule has 1 amide bonds. The molecule has 1 atom stereocenters. The van der Waals surface area contributed by atoms with Crippen LogP contribution in [-0.2, 0) is 4.79 Å². The number of carboxylic acid groups (broad SMARTS) is 1. The number of carbonyl (C=O) groups is 2. The molecule has 2 N–H and O–H groups in total. The molecule has 5 heteroatoms. The Balaban J connectivity index is 2.23. The maximum absolute atomic E-state index is 13.2. The number of aliphatic carboxylic acids is 1. The molecule has 2 aromatic rings. The Hall–Kier alpha value is -2.69. The zero-order chi connectivity index (χ0) is 15.4. The highest BCUT2D eigenvalue weighted by molar-refractivity contribution is 5.97. The second-order valence-corrected chi connectivity index (χ2v) is 4.62. The van der Waals surface area contributed by atoms with Gasteiger partial charge in [-0.05, 0) is 36.2 Å². The quantitative estimate of drug-likeness (QED) is 0.908. The molecule has 2 rings (SSSR count). The lowest BCUT2D eigenvalue weighted by Gasteiger charge is -2.15. The van der Waals surface area contributed by atoms with E-state index in [-0.39, 0.29) is 5.56 Å². The first-order valence-electron chi connectivity index (χ1n) is 6.34. The molecular weight excluding hydrogens is 273 g/mol. The van der Waals surface area contributed by atoms with Crippen LogP contribution in [0.5, 0.6) is 0 Å². The lowest BCUT2D eigenvalue weighted by molar-refractivity contribution is -0.139. The third kappa shape index (κ3) is 3.45. The van der Waals surface area contributed by atoms with Crippen molar-refractivity contribution in [1.29, 1.82) is 0 Å². The minimum Gasteiger partial charge on any atom is -0.479 e.